The monoisotopic (exact) mass is 390 g/mol. The molecule has 0 bridgehead atoms. The standard InChI is InChI=1S/C21H30N2O5/c1-2-28-21(10-4-3-5-11-21)20(25)22-17-6-8-18(9-7-17)27-16-19(24)23-12-14-26-15-13-23/h6-9H,2-5,10-16H2,1H3,(H,22,25). The quantitative estimate of drug-likeness (QED) is 0.774. The van der Waals surface area contributed by atoms with E-state index in [4.69, 9.17) is 14.2 Å². The van der Waals surface area contributed by atoms with Crippen LogP contribution in [-0.4, -0.2) is 61.8 Å². The minimum absolute atomic E-state index is 0.000836. The van der Waals surface area contributed by atoms with E-state index in [-0.39, 0.29) is 18.4 Å². The molecule has 1 aliphatic carbocycles. The van der Waals surface area contributed by atoms with Gasteiger partial charge in [-0.15, -0.1) is 0 Å². The molecule has 1 aromatic rings. The molecular weight excluding hydrogens is 360 g/mol. The third-order valence-corrected chi connectivity index (χ3v) is 5.33. The van der Waals surface area contributed by atoms with Crippen LogP contribution < -0.4 is 10.1 Å². The molecule has 2 aliphatic rings. The van der Waals surface area contributed by atoms with Gasteiger partial charge in [-0.2, -0.15) is 0 Å². The molecule has 1 saturated carbocycles. The maximum atomic E-state index is 12.8. The number of rotatable bonds is 7. The Morgan fingerprint density at radius 3 is 2.43 bits per heavy atom. The second-order valence-corrected chi connectivity index (χ2v) is 7.25. The summed E-state index contributed by atoms with van der Waals surface area (Å²) in [4.78, 5) is 26.7. The van der Waals surface area contributed by atoms with E-state index in [2.05, 4.69) is 5.32 Å². The summed E-state index contributed by atoms with van der Waals surface area (Å²) in [7, 11) is 0. The first-order chi connectivity index (χ1) is 13.6. The maximum absolute atomic E-state index is 12.8. The number of amides is 2. The lowest BCUT2D eigenvalue weighted by molar-refractivity contribution is -0.145. The van der Waals surface area contributed by atoms with Gasteiger partial charge in [0.05, 0.1) is 13.2 Å². The van der Waals surface area contributed by atoms with Gasteiger partial charge < -0.3 is 24.4 Å². The largest absolute Gasteiger partial charge is 0.484 e. The molecule has 0 atom stereocenters. The van der Waals surface area contributed by atoms with Crippen LogP contribution >= 0.6 is 0 Å². The van der Waals surface area contributed by atoms with Gasteiger partial charge in [-0.05, 0) is 44.0 Å². The predicted octanol–water partition coefficient (Wildman–Crippen LogP) is 2.60. The Bertz CT molecular complexity index is 644. The maximum Gasteiger partial charge on any atom is 0.260 e. The van der Waals surface area contributed by atoms with Crippen molar-refractivity contribution in [3.05, 3.63) is 24.3 Å². The highest BCUT2D eigenvalue weighted by Gasteiger charge is 2.40. The lowest BCUT2D eigenvalue weighted by Gasteiger charge is -2.35. The Kier molecular flexibility index (Phi) is 7.28. The van der Waals surface area contributed by atoms with Crippen LogP contribution in [-0.2, 0) is 19.1 Å². The smallest absolute Gasteiger partial charge is 0.260 e. The van der Waals surface area contributed by atoms with Crippen LogP contribution in [0.5, 0.6) is 5.75 Å². The van der Waals surface area contributed by atoms with E-state index in [1.807, 2.05) is 6.92 Å². The van der Waals surface area contributed by atoms with Crippen LogP contribution in [0.15, 0.2) is 24.3 Å². The van der Waals surface area contributed by atoms with Crippen molar-refractivity contribution in [1.29, 1.82) is 0 Å². The molecule has 1 heterocycles. The van der Waals surface area contributed by atoms with Gasteiger partial charge in [0.25, 0.3) is 11.8 Å². The molecule has 2 fully saturated rings. The molecule has 3 rings (SSSR count). The number of nitrogens with zero attached hydrogens (tertiary/aromatic N) is 1. The zero-order valence-electron chi connectivity index (χ0n) is 16.6. The third kappa shape index (κ3) is 5.23. The van der Waals surface area contributed by atoms with Crippen molar-refractivity contribution in [2.45, 2.75) is 44.6 Å². The van der Waals surface area contributed by atoms with Gasteiger partial charge in [-0.3, -0.25) is 9.59 Å². The summed E-state index contributed by atoms with van der Waals surface area (Å²) in [5, 5.41) is 2.97. The van der Waals surface area contributed by atoms with Gasteiger partial charge in [0.15, 0.2) is 6.61 Å². The summed E-state index contributed by atoms with van der Waals surface area (Å²) >= 11 is 0. The molecule has 0 unspecified atom stereocenters. The number of anilines is 1. The highest BCUT2D eigenvalue weighted by atomic mass is 16.5. The number of hydrogen-bond donors (Lipinski definition) is 1. The number of nitrogens with one attached hydrogen (secondary N) is 1. The highest BCUT2D eigenvalue weighted by Crippen LogP contribution is 2.33. The minimum Gasteiger partial charge on any atom is -0.484 e. The Labute approximate surface area is 166 Å². The first kappa shape index (κ1) is 20.6. The summed E-state index contributed by atoms with van der Waals surface area (Å²) in [5.74, 6) is 0.471. The van der Waals surface area contributed by atoms with Crippen molar-refractivity contribution in [3.63, 3.8) is 0 Å². The molecule has 154 valence electrons. The SMILES string of the molecule is CCOC1(C(=O)Nc2ccc(OCC(=O)N3CCOCC3)cc2)CCCCC1. The van der Waals surface area contributed by atoms with Crippen molar-refractivity contribution < 1.29 is 23.8 Å². The van der Waals surface area contributed by atoms with E-state index in [1.165, 1.54) is 0 Å². The molecule has 1 aliphatic heterocycles. The fourth-order valence-corrected chi connectivity index (χ4v) is 3.76. The Morgan fingerprint density at radius 2 is 1.79 bits per heavy atom. The molecule has 0 aromatic heterocycles. The molecule has 0 radical (unpaired) electrons. The van der Waals surface area contributed by atoms with E-state index in [1.54, 1.807) is 29.2 Å². The van der Waals surface area contributed by atoms with Crippen molar-refractivity contribution in [2.24, 2.45) is 0 Å². The summed E-state index contributed by atoms with van der Waals surface area (Å²) in [6, 6.07) is 7.09. The van der Waals surface area contributed by atoms with Gasteiger partial charge in [0.2, 0.25) is 0 Å². The van der Waals surface area contributed by atoms with Gasteiger partial charge in [-0.25, -0.2) is 0 Å². The Balaban J connectivity index is 1.52. The second kappa shape index (κ2) is 9.89. The first-order valence-electron chi connectivity index (χ1n) is 10.2. The van der Waals surface area contributed by atoms with E-state index < -0.39 is 5.60 Å². The average Bonchev–Trinajstić information content (AvgIpc) is 2.74. The fraction of sp³-hybridized carbons (Fsp3) is 0.619. The van der Waals surface area contributed by atoms with Gasteiger partial charge >= 0.3 is 0 Å². The zero-order valence-corrected chi connectivity index (χ0v) is 16.6. The van der Waals surface area contributed by atoms with Crippen molar-refractivity contribution in [1.82, 2.24) is 4.90 Å². The highest BCUT2D eigenvalue weighted by molar-refractivity contribution is 5.97. The number of carbonyl (C=O) groups is 2. The van der Waals surface area contributed by atoms with E-state index in [9.17, 15) is 9.59 Å². The summed E-state index contributed by atoms with van der Waals surface area (Å²) in [5.41, 5.74) is -0.0197. The molecule has 0 spiro atoms. The third-order valence-electron chi connectivity index (χ3n) is 5.33. The molecule has 2 amide bonds. The van der Waals surface area contributed by atoms with Crippen molar-refractivity contribution in [2.75, 3.05) is 44.8 Å². The predicted molar refractivity (Wildman–Crippen MR) is 105 cm³/mol. The zero-order chi connectivity index (χ0) is 19.8. The van der Waals surface area contributed by atoms with Gasteiger partial charge in [-0.1, -0.05) is 19.3 Å². The average molecular weight is 390 g/mol. The molecule has 7 heteroatoms. The normalized spacial score (nSPS) is 19.1. The van der Waals surface area contributed by atoms with Crippen LogP contribution in [0.25, 0.3) is 0 Å². The minimum atomic E-state index is -0.716. The van der Waals surface area contributed by atoms with Crippen LogP contribution in [0.2, 0.25) is 0 Å². The lowest BCUT2D eigenvalue weighted by atomic mass is 9.83. The van der Waals surface area contributed by atoms with E-state index in [0.717, 1.165) is 32.1 Å². The van der Waals surface area contributed by atoms with Crippen LogP contribution in [0.3, 0.4) is 0 Å². The van der Waals surface area contributed by atoms with Crippen molar-refractivity contribution >= 4 is 17.5 Å². The van der Waals surface area contributed by atoms with Crippen LogP contribution in [0.4, 0.5) is 5.69 Å². The molecule has 28 heavy (non-hydrogen) atoms. The lowest BCUT2D eigenvalue weighted by Crippen LogP contribution is -2.47. The van der Waals surface area contributed by atoms with Crippen molar-refractivity contribution in [3.8, 4) is 5.75 Å². The number of morpholine rings is 1. The molecule has 1 saturated heterocycles. The Morgan fingerprint density at radius 1 is 1.11 bits per heavy atom. The number of ether oxygens (including phenoxy) is 3. The number of carbonyl (C=O) groups excluding carboxylic acids is 2. The number of hydrogen-bond acceptors (Lipinski definition) is 5. The van der Waals surface area contributed by atoms with Crippen LogP contribution in [0, 0.1) is 0 Å². The summed E-state index contributed by atoms with van der Waals surface area (Å²) in [6.07, 6.45) is 4.70. The topological polar surface area (TPSA) is 77.1 Å². The van der Waals surface area contributed by atoms with Gasteiger partial charge in [0, 0.05) is 25.4 Å². The molecule has 1 N–H and O–H groups in total. The molecule has 1 aromatic carbocycles. The van der Waals surface area contributed by atoms with E-state index in [0.29, 0.717) is 44.3 Å². The number of benzene rings is 1. The Hall–Kier alpha value is -2.12. The fourth-order valence-electron chi connectivity index (χ4n) is 3.76. The first-order valence-corrected chi connectivity index (χ1v) is 10.2. The van der Waals surface area contributed by atoms with Gasteiger partial charge in [0.1, 0.15) is 11.4 Å². The summed E-state index contributed by atoms with van der Waals surface area (Å²) in [6.45, 7) is 4.81. The molecule has 7 nitrogen and oxygen atoms in total. The summed E-state index contributed by atoms with van der Waals surface area (Å²) < 4.78 is 16.7. The van der Waals surface area contributed by atoms with E-state index >= 15 is 0 Å². The second-order valence-electron chi connectivity index (χ2n) is 7.25. The van der Waals surface area contributed by atoms with Crippen LogP contribution in [0.1, 0.15) is 39.0 Å². The molecular formula is C21H30N2O5.